The van der Waals surface area contributed by atoms with Gasteiger partial charge < -0.3 is 9.64 Å². The summed E-state index contributed by atoms with van der Waals surface area (Å²) >= 11 is 0. The average Bonchev–Trinajstić information content (AvgIpc) is 3.29. The average molecular weight is 355 g/mol. The Hall–Kier alpha value is -1.67. The van der Waals surface area contributed by atoms with Gasteiger partial charge in [-0.1, -0.05) is 0 Å². The molecule has 0 aromatic carbocycles. The van der Waals surface area contributed by atoms with E-state index in [9.17, 15) is 18.0 Å². The number of hydrogen-bond donors (Lipinski definition) is 0. The van der Waals surface area contributed by atoms with Gasteiger partial charge in [0.15, 0.2) is 0 Å². The number of hydrogen-bond acceptors (Lipinski definition) is 4. The number of carbonyl (C=O) groups is 1. The normalized spacial score (nSPS) is 27.4. The maximum Gasteiger partial charge on any atom is 0.433 e. The molecule has 1 aliphatic carbocycles. The molecule has 1 aromatic rings. The molecule has 2 saturated heterocycles. The third-order valence-corrected chi connectivity index (χ3v) is 5.19. The predicted molar refractivity (Wildman–Crippen MR) is 83.0 cm³/mol. The molecule has 8 heteroatoms. The highest BCUT2D eigenvalue weighted by atomic mass is 19.4. The van der Waals surface area contributed by atoms with Crippen LogP contribution >= 0.6 is 0 Å². The summed E-state index contributed by atoms with van der Waals surface area (Å²) < 4.78 is 44.2. The van der Waals surface area contributed by atoms with Gasteiger partial charge >= 0.3 is 6.18 Å². The van der Waals surface area contributed by atoms with Crippen LogP contribution in [0.2, 0.25) is 0 Å². The van der Waals surface area contributed by atoms with Crippen molar-refractivity contribution in [3.05, 3.63) is 29.6 Å². The van der Waals surface area contributed by atoms with Crippen molar-refractivity contribution >= 4 is 5.91 Å². The molecule has 1 aromatic heterocycles. The van der Waals surface area contributed by atoms with Gasteiger partial charge in [0.25, 0.3) is 5.91 Å². The van der Waals surface area contributed by atoms with Crippen LogP contribution in [0.25, 0.3) is 0 Å². The zero-order valence-corrected chi connectivity index (χ0v) is 13.7. The van der Waals surface area contributed by atoms with E-state index in [2.05, 4.69) is 9.88 Å². The molecule has 136 valence electrons. The largest absolute Gasteiger partial charge is 0.433 e. The minimum absolute atomic E-state index is 0.0229. The molecule has 0 N–H and O–H groups in total. The number of halogens is 3. The molecule has 3 fully saturated rings. The number of morpholine rings is 1. The lowest BCUT2D eigenvalue weighted by Gasteiger charge is -2.36. The molecule has 0 unspecified atom stereocenters. The van der Waals surface area contributed by atoms with Crippen molar-refractivity contribution < 1.29 is 22.7 Å². The summed E-state index contributed by atoms with van der Waals surface area (Å²) in [5.74, 6) is 0.357. The van der Waals surface area contributed by atoms with Crippen molar-refractivity contribution in [1.82, 2.24) is 14.8 Å². The van der Waals surface area contributed by atoms with E-state index in [4.69, 9.17) is 4.74 Å². The van der Waals surface area contributed by atoms with E-state index in [1.807, 2.05) is 0 Å². The van der Waals surface area contributed by atoms with Crippen molar-refractivity contribution in [2.45, 2.75) is 31.2 Å². The van der Waals surface area contributed by atoms with Crippen LogP contribution in [-0.2, 0) is 10.9 Å². The number of aromatic nitrogens is 1. The first-order valence-electron chi connectivity index (χ1n) is 8.60. The van der Waals surface area contributed by atoms with Crippen molar-refractivity contribution in [1.29, 1.82) is 0 Å². The Balaban J connectivity index is 1.48. The summed E-state index contributed by atoms with van der Waals surface area (Å²) in [6.07, 6.45) is -1.06. The van der Waals surface area contributed by atoms with Gasteiger partial charge in [0, 0.05) is 37.9 Å². The molecule has 25 heavy (non-hydrogen) atoms. The minimum Gasteiger partial charge on any atom is -0.373 e. The van der Waals surface area contributed by atoms with Crippen molar-refractivity contribution in [3.8, 4) is 0 Å². The Morgan fingerprint density at radius 2 is 2.12 bits per heavy atom. The number of alkyl halides is 3. The molecular formula is C17H20F3N3O2. The first-order chi connectivity index (χ1) is 11.9. The van der Waals surface area contributed by atoms with E-state index in [1.165, 1.54) is 18.9 Å². The molecule has 3 aliphatic rings. The fourth-order valence-electron chi connectivity index (χ4n) is 3.68. The fraction of sp³-hybridized carbons (Fsp3) is 0.647. The Morgan fingerprint density at radius 3 is 2.84 bits per heavy atom. The van der Waals surface area contributed by atoms with Gasteiger partial charge in [-0.15, -0.1) is 0 Å². The van der Waals surface area contributed by atoms with Crippen LogP contribution in [0.4, 0.5) is 13.2 Å². The Kier molecular flexibility index (Phi) is 4.19. The topological polar surface area (TPSA) is 45.7 Å². The van der Waals surface area contributed by atoms with E-state index < -0.39 is 17.8 Å². The first-order valence-corrected chi connectivity index (χ1v) is 8.60. The van der Waals surface area contributed by atoms with Crippen molar-refractivity contribution in [2.24, 2.45) is 5.92 Å². The third-order valence-electron chi connectivity index (χ3n) is 5.19. The quantitative estimate of drug-likeness (QED) is 0.832. The summed E-state index contributed by atoms with van der Waals surface area (Å²) in [5, 5.41) is 0. The van der Waals surface area contributed by atoms with Crippen LogP contribution in [0.5, 0.6) is 0 Å². The van der Waals surface area contributed by atoms with Gasteiger partial charge in [-0.3, -0.25) is 14.7 Å². The number of likely N-dealkylation sites (tertiary alicyclic amines) is 1. The van der Waals surface area contributed by atoms with E-state index in [0.29, 0.717) is 19.7 Å². The monoisotopic (exact) mass is 355 g/mol. The lowest BCUT2D eigenvalue weighted by molar-refractivity contribution is -0.141. The molecular weight excluding hydrogens is 335 g/mol. The highest BCUT2D eigenvalue weighted by molar-refractivity contribution is 5.94. The maximum absolute atomic E-state index is 12.8. The van der Waals surface area contributed by atoms with Crippen molar-refractivity contribution in [3.63, 3.8) is 0 Å². The molecule has 1 saturated carbocycles. The number of rotatable bonds is 3. The van der Waals surface area contributed by atoms with Gasteiger partial charge in [-0.05, 0) is 30.9 Å². The molecule has 1 amide bonds. The fourth-order valence-corrected chi connectivity index (χ4v) is 3.68. The number of carbonyl (C=O) groups excluding carboxylic acids is 1. The van der Waals surface area contributed by atoms with Crippen LogP contribution < -0.4 is 0 Å². The summed E-state index contributed by atoms with van der Waals surface area (Å²) in [7, 11) is 0. The summed E-state index contributed by atoms with van der Waals surface area (Å²) in [6.45, 7) is 3.45. The SMILES string of the molecule is O=C(c1ccnc(C(F)(F)F)c1)N1C[C@@H]2OCCN(CC3CC3)[C@@H]2C1. The second-order valence-electron chi connectivity index (χ2n) is 7.05. The van der Waals surface area contributed by atoms with Crippen molar-refractivity contribution in [2.75, 3.05) is 32.8 Å². The molecule has 2 aliphatic heterocycles. The van der Waals surface area contributed by atoms with E-state index in [1.54, 1.807) is 4.90 Å². The standard InChI is InChI=1S/C17H20F3N3O2/c18-17(19,20)15-7-12(3-4-21-15)16(24)23-9-13-14(10-23)25-6-5-22(13)8-11-1-2-11/h3-4,7,11,13-14H,1-2,5-6,8-10H2/t13-,14+/m1/s1. The number of nitrogens with zero attached hydrogens (tertiary/aromatic N) is 3. The third kappa shape index (κ3) is 3.50. The van der Waals surface area contributed by atoms with Gasteiger partial charge in [0.2, 0.25) is 0 Å². The smallest absolute Gasteiger partial charge is 0.373 e. The summed E-state index contributed by atoms with van der Waals surface area (Å²) in [6, 6.07) is 2.30. The minimum atomic E-state index is -4.56. The van der Waals surface area contributed by atoms with Gasteiger partial charge in [0.1, 0.15) is 5.69 Å². The summed E-state index contributed by atoms with van der Waals surface area (Å²) in [5.41, 5.74) is -1.02. The number of fused-ring (bicyclic) bond motifs is 1. The zero-order chi connectivity index (χ0) is 17.6. The van der Waals surface area contributed by atoms with Crippen LogP contribution in [-0.4, -0.2) is 65.6 Å². The van der Waals surface area contributed by atoms with Gasteiger partial charge in [-0.25, -0.2) is 0 Å². The molecule has 2 atom stereocenters. The van der Waals surface area contributed by atoms with E-state index in [0.717, 1.165) is 31.3 Å². The molecule has 0 spiro atoms. The van der Waals surface area contributed by atoms with Crippen LogP contribution in [0, 0.1) is 5.92 Å². The number of pyridine rings is 1. The first kappa shape index (κ1) is 16.8. The zero-order valence-electron chi connectivity index (χ0n) is 13.7. The highest BCUT2D eigenvalue weighted by Crippen LogP contribution is 2.33. The molecule has 4 rings (SSSR count). The predicted octanol–water partition coefficient (Wildman–Crippen LogP) is 2.04. The van der Waals surface area contributed by atoms with Crippen LogP contribution in [0.15, 0.2) is 18.3 Å². The number of amides is 1. The van der Waals surface area contributed by atoms with E-state index in [-0.39, 0.29) is 17.7 Å². The molecule has 5 nitrogen and oxygen atoms in total. The second-order valence-corrected chi connectivity index (χ2v) is 7.05. The van der Waals surface area contributed by atoms with Crippen LogP contribution in [0.3, 0.4) is 0 Å². The number of ether oxygens (including phenoxy) is 1. The lowest BCUT2D eigenvalue weighted by atomic mass is 10.1. The van der Waals surface area contributed by atoms with Crippen LogP contribution in [0.1, 0.15) is 28.9 Å². The molecule has 3 heterocycles. The second kappa shape index (κ2) is 6.25. The maximum atomic E-state index is 12.8. The lowest BCUT2D eigenvalue weighted by Crippen LogP contribution is -2.51. The van der Waals surface area contributed by atoms with Gasteiger partial charge in [0.05, 0.1) is 18.8 Å². The van der Waals surface area contributed by atoms with E-state index >= 15 is 0 Å². The Morgan fingerprint density at radius 1 is 1.32 bits per heavy atom. The molecule has 0 bridgehead atoms. The Labute approximate surface area is 143 Å². The molecule has 0 radical (unpaired) electrons. The summed E-state index contributed by atoms with van der Waals surface area (Å²) in [4.78, 5) is 20.0. The highest BCUT2D eigenvalue weighted by Gasteiger charge is 2.43. The van der Waals surface area contributed by atoms with Gasteiger partial charge in [-0.2, -0.15) is 13.2 Å². The Bertz CT molecular complexity index is 663.